The third-order valence-corrected chi connectivity index (χ3v) is 2.59. The number of nitrogens with zero attached hydrogens (tertiary/aromatic N) is 8. The summed E-state index contributed by atoms with van der Waals surface area (Å²) in [5.74, 6) is 1.65. The fourth-order valence-electron chi connectivity index (χ4n) is 1.58. The molecular weight excluding hydrogens is 260 g/mol. The largest absolute Gasteiger partial charge is 0.368 e. The van der Waals surface area contributed by atoms with Gasteiger partial charge in [0.2, 0.25) is 17.8 Å². The molecule has 0 bridgehead atoms. The first-order chi connectivity index (χ1) is 9.72. The molecule has 0 unspecified atom stereocenters. The molecule has 20 heavy (non-hydrogen) atoms. The Morgan fingerprint density at radius 3 is 2.85 bits per heavy atom. The van der Waals surface area contributed by atoms with E-state index in [-0.39, 0.29) is 5.95 Å². The van der Waals surface area contributed by atoms with Gasteiger partial charge in [0, 0.05) is 19.4 Å². The number of rotatable bonds is 4. The Labute approximate surface area is 113 Å². The van der Waals surface area contributed by atoms with E-state index in [9.17, 15) is 0 Å². The highest BCUT2D eigenvalue weighted by atomic mass is 15.3. The van der Waals surface area contributed by atoms with Gasteiger partial charge >= 0.3 is 0 Å². The van der Waals surface area contributed by atoms with Crippen molar-refractivity contribution in [3.05, 3.63) is 30.9 Å². The van der Waals surface area contributed by atoms with Crippen LogP contribution in [0.15, 0.2) is 25.0 Å². The fraction of sp³-hybridized carbons (Fsp3) is 0.200. The van der Waals surface area contributed by atoms with E-state index >= 15 is 0 Å². The molecular formula is C10H12N10. The summed E-state index contributed by atoms with van der Waals surface area (Å²) in [6.07, 6.45) is 6.56. The number of anilines is 2. The van der Waals surface area contributed by atoms with Gasteiger partial charge in [-0.2, -0.15) is 15.0 Å². The average Bonchev–Trinajstić information content (AvgIpc) is 3.07. The first-order valence-corrected chi connectivity index (χ1v) is 5.79. The molecule has 102 valence electrons. The lowest BCUT2D eigenvalue weighted by atomic mass is 10.6. The van der Waals surface area contributed by atoms with Crippen molar-refractivity contribution in [1.29, 1.82) is 0 Å². The summed E-state index contributed by atoms with van der Waals surface area (Å²) in [5.41, 5.74) is 5.68. The topological polar surface area (TPSA) is 125 Å². The van der Waals surface area contributed by atoms with Crippen LogP contribution in [-0.4, -0.2) is 39.3 Å². The van der Waals surface area contributed by atoms with E-state index in [4.69, 9.17) is 5.73 Å². The Kier molecular flexibility index (Phi) is 2.95. The van der Waals surface area contributed by atoms with Crippen molar-refractivity contribution in [2.24, 2.45) is 7.05 Å². The summed E-state index contributed by atoms with van der Waals surface area (Å²) in [5, 5.41) is 10.8. The molecule has 0 aromatic carbocycles. The highest BCUT2D eigenvalue weighted by Crippen LogP contribution is 2.07. The third-order valence-electron chi connectivity index (χ3n) is 2.59. The summed E-state index contributed by atoms with van der Waals surface area (Å²) < 4.78 is 3.44. The second-order valence-corrected chi connectivity index (χ2v) is 4.00. The molecule has 0 saturated heterocycles. The predicted octanol–water partition coefficient (Wildman–Crippen LogP) is -0.620. The van der Waals surface area contributed by atoms with Gasteiger partial charge in [-0.15, -0.1) is 10.2 Å². The van der Waals surface area contributed by atoms with Crippen LogP contribution in [0, 0.1) is 0 Å². The van der Waals surface area contributed by atoms with Gasteiger partial charge in [0.25, 0.3) is 0 Å². The molecule has 0 radical (unpaired) electrons. The number of imidazole rings is 1. The van der Waals surface area contributed by atoms with Crippen molar-refractivity contribution in [2.75, 3.05) is 11.1 Å². The van der Waals surface area contributed by atoms with Crippen LogP contribution in [0.1, 0.15) is 5.82 Å². The van der Waals surface area contributed by atoms with Gasteiger partial charge in [-0.05, 0) is 0 Å². The number of nitrogens with one attached hydrogen (secondary N) is 1. The molecule has 10 nitrogen and oxygen atoms in total. The second-order valence-electron chi connectivity index (χ2n) is 4.00. The molecule has 0 aliphatic carbocycles. The van der Waals surface area contributed by atoms with E-state index < -0.39 is 0 Å². The minimum absolute atomic E-state index is 0.129. The predicted molar refractivity (Wildman–Crippen MR) is 69.7 cm³/mol. The maximum Gasteiger partial charge on any atom is 0.241 e. The standard InChI is InChI=1S/C10H12N10/c1-19-6-14-18-7(19)4-13-9-15-8(11)16-10(17-9)20-3-2-12-5-20/h2-3,5-6H,4H2,1H3,(H3,11,13,15,16,17). The zero-order valence-electron chi connectivity index (χ0n) is 10.7. The van der Waals surface area contributed by atoms with Crippen molar-refractivity contribution >= 4 is 11.9 Å². The highest BCUT2D eigenvalue weighted by molar-refractivity contribution is 5.35. The van der Waals surface area contributed by atoms with E-state index in [1.54, 1.807) is 34.2 Å². The molecule has 0 atom stereocenters. The Morgan fingerprint density at radius 2 is 2.15 bits per heavy atom. The van der Waals surface area contributed by atoms with Crippen LogP contribution in [-0.2, 0) is 13.6 Å². The molecule has 10 heteroatoms. The average molecular weight is 272 g/mol. The fourth-order valence-corrected chi connectivity index (χ4v) is 1.58. The second kappa shape index (κ2) is 4.91. The lowest BCUT2D eigenvalue weighted by Gasteiger charge is -2.07. The number of aryl methyl sites for hydroxylation is 1. The molecule has 0 saturated carbocycles. The van der Waals surface area contributed by atoms with Crippen LogP contribution in [0.5, 0.6) is 0 Å². The van der Waals surface area contributed by atoms with Crippen molar-refractivity contribution < 1.29 is 0 Å². The van der Waals surface area contributed by atoms with Crippen LogP contribution in [0.3, 0.4) is 0 Å². The van der Waals surface area contributed by atoms with Crippen LogP contribution in [0.2, 0.25) is 0 Å². The van der Waals surface area contributed by atoms with Crippen molar-refractivity contribution in [2.45, 2.75) is 6.54 Å². The molecule has 3 aromatic heterocycles. The van der Waals surface area contributed by atoms with Gasteiger partial charge in [-0.3, -0.25) is 4.57 Å². The van der Waals surface area contributed by atoms with Gasteiger partial charge in [0.05, 0.1) is 6.54 Å². The van der Waals surface area contributed by atoms with Gasteiger partial charge in [-0.1, -0.05) is 0 Å². The third kappa shape index (κ3) is 2.39. The maximum absolute atomic E-state index is 5.68. The number of hydrogen-bond donors (Lipinski definition) is 2. The van der Waals surface area contributed by atoms with Gasteiger partial charge < -0.3 is 15.6 Å². The summed E-state index contributed by atoms with van der Waals surface area (Å²) in [6, 6.07) is 0. The minimum atomic E-state index is 0.129. The van der Waals surface area contributed by atoms with Crippen LogP contribution in [0.25, 0.3) is 5.95 Å². The molecule has 3 rings (SSSR count). The summed E-state index contributed by atoms with van der Waals surface area (Å²) in [4.78, 5) is 16.3. The number of aromatic nitrogens is 8. The normalized spacial score (nSPS) is 10.7. The minimum Gasteiger partial charge on any atom is -0.368 e. The SMILES string of the molecule is Cn1cnnc1CNc1nc(N)nc(-n2ccnc2)n1. The highest BCUT2D eigenvalue weighted by Gasteiger charge is 2.07. The Morgan fingerprint density at radius 1 is 1.25 bits per heavy atom. The summed E-state index contributed by atoms with van der Waals surface area (Å²) in [6.45, 7) is 0.434. The number of hydrogen-bond acceptors (Lipinski definition) is 8. The molecule has 0 fully saturated rings. The molecule has 3 heterocycles. The van der Waals surface area contributed by atoms with E-state index in [2.05, 4.69) is 35.5 Å². The number of nitrogens with two attached hydrogens (primary N) is 1. The van der Waals surface area contributed by atoms with Gasteiger partial charge in [0.15, 0.2) is 5.82 Å². The summed E-state index contributed by atoms with van der Waals surface area (Å²) >= 11 is 0. The lowest BCUT2D eigenvalue weighted by molar-refractivity contribution is 0.803. The Balaban J connectivity index is 1.81. The molecule has 0 aliphatic rings. The lowest BCUT2D eigenvalue weighted by Crippen LogP contribution is -2.12. The van der Waals surface area contributed by atoms with Gasteiger partial charge in [-0.25, -0.2) is 4.98 Å². The Hall–Kier alpha value is -3.04. The zero-order valence-corrected chi connectivity index (χ0v) is 10.7. The molecule has 0 amide bonds. The van der Waals surface area contributed by atoms with Crippen LogP contribution >= 0.6 is 0 Å². The molecule has 3 aromatic rings. The first-order valence-electron chi connectivity index (χ1n) is 5.79. The van der Waals surface area contributed by atoms with Crippen molar-refractivity contribution in [3.63, 3.8) is 0 Å². The van der Waals surface area contributed by atoms with Crippen molar-refractivity contribution in [1.82, 2.24) is 39.3 Å². The molecule has 0 aliphatic heterocycles. The Bertz CT molecular complexity index is 701. The quantitative estimate of drug-likeness (QED) is 0.643. The van der Waals surface area contributed by atoms with Crippen LogP contribution < -0.4 is 11.1 Å². The van der Waals surface area contributed by atoms with E-state index in [0.717, 1.165) is 5.82 Å². The monoisotopic (exact) mass is 272 g/mol. The molecule has 0 spiro atoms. The van der Waals surface area contributed by atoms with Gasteiger partial charge in [0.1, 0.15) is 12.7 Å². The molecule has 3 N–H and O–H groups in total. The van der Waals surface area contributed by atoms with E-state index in [1.165, 1.54) is 0 Å². The maximum atomic E-state index is 5.68. The summed E-state index contributed by atoms with van der Waals surface area (Å²) in [7, 11) is 1.86. The van der Waals surface area contributed by atoms with Crippen molar-refractivity contribution in [3.8, 4) is 5.95 Å². The number of nitrogen functional groups attached to an aromatic ring is 1. The van der Waals surface area contributed by atoms with E-state index in [1.807, 2.05) is 7.05 Å². The zero-order chi connectivity index (χ0) is 13.9. The smallest absolute Gasteiger partial charge is 0.241 e. The van der Waals surface area contributed by atoms with E-state index in [0.29, 0.717) is 18.4 Å². The first kappa shape index (κ1) is 12.0. The van der Waals surface area contributed by atoms with Crippen LogP contribution in [0.4, 0.5) is 11.9 Å².